The van der Waals surface area contributed by atoms with E-state index in [-0.39, 0.29) is 20.1 Å². The highest BCUT2D eigenvalue weighted by Crippen LogP contribution is 2.52. The van der Waals surface area contributed by atoms with Crippen molar-refractivity contribution in [1.82, 2.24) is 0 Å². The van der Waals surface area contributed by atoms with E-state index < -0.39 is 0 Å². The normalized spacial score (nSPS) is 12.6. The minimum atomic E-state index is 0.0229. The topological polar surface area (TPSA) is 55.4 Å². The van der Waals surface area contributed by atoms with E-state index in [4.69, 9.17) is 28.4 Å². The summed E-state index contributed by atoms with van der Waals surface area (Å²) in [5.74, 6) is 10.6. The molecule has 0 radical (unpaired) electrons. The van der Waals surface area contributed by atoms with Crippen molar-refractivity contribution in [3.63, 3.8) is 0 Å². The average molecular weight is 1800 g/mol. The van der Waals surface area contributed by atoms with Crippen LogP contribution in [0.4, 0.5) is 0 Å². The lowest BCUT2D eigenvalue weighted by Crippen LogP contribution is -2.57. The fraction of sp³-hybridized carbons (Fsp3) is 0. The van der Waals surface area contributed by atoms with Crippen molar-refractivity contribution < 1.29 is 28.4 Å². The third-order valence-electron chi connectivity index (χ3n) is 29.4. The lowest BCUT2D eigenvalue weighted by Gasteiger charge is -2.33. The van der Waals surface area contributed by atoms with Gasteiger partial charge >= 0.3 is 0 Å². The zero-order valence-corrected chi connectivity index (χ0v) is 76.4. The average Bonchev–Trinajstić information content (AvgIpc) is 0.789. The van der Waals surface area contributed by atoms with Crippen LogP contribution in [0.2, 0.25) is 0 Å². The van der Waals surface area contributed by atoms with Gasteiger partial charge in [-0.05, 0) is 253 Å². The Balaban J connectivity index is 0.000000104. The van der Waals surface area contributed by atoms with Crippen LogP contribution in [0.25, 0.3) is 165 Å². The summed E-state index contributed by atoms with van der Waals surface area (Å²) < 4.78 is 39.2. The van der Waals surface area contributed by atoms with Crippen LogP contribution in [0.15, 0.2) is 491 Å². The molecule has 0 saturated heterocycles. The molecule has 0 bridgehead atoms. The largest absolute Gasteiger partial charge is 0.458 e. The van der Waals surface area contributed by atoms with E-state index >= 15 is 0 Å². The molecule has 0 fully saturated rings. The number of hydrogen-bond donors (Lipinski definition) is 0. The van der Waals surface area contributed by atoms with Crippen LogP contribution in [0.5, 0.6) is 69.0 Å². The molecule has 0 N–H and O–H groups in total. The minimum Gasteiger partial charge on any atom is -0.458 e. The van der Waals surface area contributed by atoms with Crippen molar-refractivity contribution >= 4 is 134 Å². The van der Waals surface area contributed by atoms with Gasteiger partial charge < -0.3 is 28.4 Å². The highest BCUT2D eigenvalue weighted by Gasteiger charge is 2.44. The number of benzene rings is 24. The molecular weight excluding hydrogens is 1710 g/mol. The van der Waals surface area contributed by atoms with Gasteiger partial charge in [0.2, 0.25) is 0 Å². The first-order valence-corrected chi connectivity index (χ1v) is 48.4. The third-order valence-corrected chi connectivity index (χ3v) is 29.4. The molecule has 0 amide bonds. The summed E-state index contributed by atoms with van der Waals surface area (Å²) in [6, 6.07) is 175. The summed E-state index contributed by atoms with van der Waals surface area (Å²) in [5, 5.41) is 14.7. The Labute approximate surface area is 817 Å². The minimum absolute atomic E-state index is 0.0229. The SMILES string of the molecule is c1ccc(-c2ccc(-c3c4ccccc4c(-c4ccc5c(c4)B4c6ccccc6Oc6cccc(c64)O5)c4ccccc34)cc2)cc1.c1ccc(-c2ccc(-c3c4ccccc4c(-c4ccc5c(c4)Oc4cccc6c4B5c4ccccc4O6)c4ccccc34)cc2)cc1.c1ccc(-c2ccc(-c3c4ccccc4c(-c4cccc5c4Oc4cccc6c4B5c4ccccc4O6)c4ccccc34)cc2)cc1. The van der Waals surface area contributed by atoms with Crippen LogP contribution in [0.1, 0.15) is 0 Å². The standard InChI is InChI=1S/3C44H27BO2/c1-2-12-28(13-3-1)29-24-26-30(27-25-29)41-31-14-4-6-16-33(31)42(34-17-7-5-15-32(34)41)35-18-10-20-37-44(35)47-40-23-11-22-39-43(40)45(37)36-19-8-9-21-38(36)46-39;1-2-11-28(12-3-1)29-21-23-30(24-22-29)42-32-13-4-6-15-34(32)43(35-16-7-5-14-33(35)42)31-25-26-39-37(27-31)45-36-17-8-9-18-38(36)46-40-19-10-20-41(47-39)44(40)45;1-2-11-28(12-3-1)29-21-23-30(24-22-29)42-32-13-4-6-15-34(32)43(35-16-7-5-14-33(35)42)31-25-26-37-41(27-31)47-40-20-10-19-39-44(40)45(37)36-17-8-9-18-38(36)46-39/h3*1-27H. The van der Waals surface area contributed by atoms with Gasteiger partial charge in [-0.1, -0.05) is 425 Å². The van der Waals surface area contributed by atoms with Gasteiger partial charge in [-0.25, -0.2) is 0 Å². The molecule has 24 aromatic rings. The Kier molecular flexibility index (Phi) is 19.2. The van der Waals surface area contributed by atoms with Crippen molar-refractivity contribution in [2.75, 3.05) is 0 Å². The zero-order chi connectivity index (χ0) is 92.7. The fourth-order valence-electron chi connectivity index (χ4n) is 23.3. The van der Waals surface area contributed by atoms with E-state index in [1.807, 2.05) is 60.7 Å². The molecule has 6 nitrogen and oxygen atoms in total. The summed E-state index contributed by atoms with van der Waals surface area (Å²) in [4.78, 5) is 0. The van der Waals surface area contributed by atoms with Crippen LogP contribution in [0, 0.1) is 0 Å². The molecular formula is C132H81B3O6. The van der Waals surface area contributed by atoms with Crippen LogP contribution in [-0.2, 0) is 0 Å². The molecule has 6 aliphatic heterocycles. The predicted octanol–water partition coefficient (Wildman–Crippen LogP) is 29.2. The van der Waals surface area contributed by atoms with Gasteiger partial charge in [0, 0.05) is 27.5 Å². The quantitative estimate of drug-likeness (QED) is 0.106. The van der Waals surface area contributed by atoms with Crippen molar-refractivity contribution in [2.45, 2.75) is 0 Å². The van der Waals surface area contributed by atoms with Gasteiger partial charge in [0.25, 0.3) is 20.1 Å². The van der Waals surface area contributed by atoms with Gasteiger partial charge in [-0.15, -0.1) is 0 Å². The molecule has 0 spiro atoms. The van der Waals surface area contributed by atoms with Gasteiger partial charge in [0.1, 0.15) is 69.0 Å². The summed E-state index contributed by atoms with van der Waals surface area (Å²) in [5.41, 5.74) is 32.1. The number of hydrogen-bond acceptors (Lipinski definition) is 6. The van der Waals surface area contributed by atoms with Crippen LogP contribution >= 0.6 is 0 Å². The molecule has 654 valence electrons. The molecule has 0 unspecified atom stereocenters. The van der Waals surface area contributed by atoms with Gasteiger partial charge in [0.15, 0.2) is 0 Å². The number of ether oxygens (including phenoxy) is 6. The van der Waals surface area contributed by atoms with E-state index in [1.165, 1.54) is 159 Å². The maximum absolute atomic E-state index is 6.91. The van der Waals surface area contributed by atoms with E-state index in [9.17, 15) is 0 Å². The molecule has 0 atom stereocenters. The van der Waals surface area contributed by atoms with Crippen molar-refractivity contribution in [1.29, 1.82) is 0 Å². The molecule has 30 rings (SSSR count). The highest BCUT2D eigenvalue weighted by atomic mass is 16.5. The number of para-hydroxylation sites is 4. The Morgan fingerprint density at radius 2 is 0.340 bits per heavy atom. The Hall–Kier alpha value is -18.2. The number of rotatable bonds is 9. The van der Waals surface area contributed by atoms with E-state index in [2.05, 4.69) is 431 Å². The van der Waals surface area contributed by atoms with Crippen molar-refractivity contribution in [3.8, 4) is 169 Å². The summed E-state index contributed by atoms with van der Waals surface area (Å²) in [6.07, 6.45) is 0. The predicted molar refractivity (Wildman–Crippen MR) is 586 cm³/mol. The zero-order valence-electron chi connectivity index (χ0n) is 76.4. The summed E-state index contributed by atoms with van der Waals surface area (Å²) >= 11 is 0. The van der Waals surface area contributed by atoms with Crippen LogP contribution in [0.3, 0.4) is 0 Å². The van der Waals surface area contributed by atoms with Crippen LogP contribution < -0.4 is 77.6 Å². The Bertz CT molecular complexity index is 8990. The second-order valence-corrected chi connectivity index (χ2v) is 37.1. The van der Waals surface area contributed by atoms with E-state index in [0.717, 1.165) is 124 Å². The first-order valence-electron chi connectivity index (χ1n) is 48.4. The molecule has 9 heteroatoms. The van der Waals surface area contributed by atoms with E-state index in [1.54, 1.807) is 0 Å². The molecule has 6 aliphatic rings. The molecule has 6 heterocycles. The van der Waals surface area contributed by atoms with Gasteiger partial charge in [-0.3, -0.25) is 0 Å². The molecule has 141 heavy (non-hydrogen) atoms. The van der Waals surface area contributed by atoms with Crippen molar-refractivity contribution in [2.24, 2.45) is 0 Å². The summed E-state index contributed by atoms with van der Waals surface area (Å²) in [7, 11) is 0. The van der Waals surface area contributed by atoms with Gasteiger partial charge in [0.05, 0.1) is 0 Å². The Morgan fingerprint density at radius 1 is 0.121 bits per heavy atom. The van der Waals surface area contributed by atoms with Gasteiger partial charge in [-0.2, -0.15) is 0 Å². The molecule has 0 saturated carbocycles. The lowest BCUT2D eigenvalue weighted by atomic mass is 9.34. The summed E-state index contributed by atoms with van der Waals surface area (Å²) in [6.45, 7) is 0.100. The lowest BCUT2D eigenvalue weighted by molar-refractivity contribution is 0.464. The Morgan fingerprint density at radius 3 is 0.695 bits per heavy atom. The smallest absolute Gasteiger partial charge is 0.260 e. The van der Waals surface area contributed by atoms with Crippen LogP contribution in [-0.4, -0.2) is 20.1 Å². The first kappa shape index (κ1) is 81.2. The number of fused-ring (bicyclic) bond motifs is 18. The first-order chi connectivity index (χ1) is 70.0. The monoisotopic (exact) mass is 1790 g/mol. The molecule has 24 aromatic carbocycles. The second kappa shape index (κ2) is 33.4. The molecule has 0 aliphatic carbocycles. The fourth-order valence-corrected chi connectivity index (χ4v) is 23.3. The maximum atomic E-state index is 6.91. The van der Waals surface area contributed by atoms with E-state index in [0.29, 0.717) is 0 Å². The molecule has 0 aromatic heterocycles. The maximum Gasteiger partial charge on any atom is 0.260 e. The second-order valence-electron chi connectivity index (χ2n) is 37.1. The third kappa shape index (κ3) is 13.4. The highest BCUT2D eigenvalue weighted by molar-refractivity contribution is 6.99. The van der Waals surface area contributed by atoms with Crippen molar-refractivity contribution in [3.05, 3.63) is 491 Å².